The molecule has 1 aromatic rings. The van der Waals surface area contributed by atoms with Crippen molar-refractivity contribution in [2.24, 2.45) is 0 Å². The van der Waals surface area contributed by atoms with E-state index < -0.39 is 0 Å². The summed E-state index contributed by atoms with van der Waals surface area (Å²) < 4.78 is 9.65. The lowest BCUT2D eigenvalue weighted by atomic mass is 10.4. The van der Waals surface area contributed by atoms with Crippen molar-refractivity contribution >= 4 is 11.9 Å². The Hall–Kier alpha value is -1.52. The number of anilines is 1. The quantitative estimate of drug-likeness (QED) is 0.723. The van der Waals surface area contributed by atoms with Crippen LogP contribution in [0, 0.1) is 6.92 Å². The number of nitrogens with zero attached hydrogens (tertiary/aromatic N) is 1. The average molecular weight is 198 g/mol. The van der Waals surface area contributed by atoms with Gasteiger partial charge in [-0.1, -0.05) is 5.16 Å². The molecule has 14 heavy (non-hydrogen) atoms. The second-order valence-corrected chi connectivity index (χ2v) is 2.81. The minimum atomic E-state index is -0.212. The smallest absolute Gasteiger partial charge is 0.307 e. The number of carbonyl (C=O) groups excluding carboxylic acids is 1. The Labute approximate surface area is 82.4 Å². The Morgan fingerprint density at radius 2 is 2.50 bits per heavy atom. The van der Waals surface area contributed by atoms with Crippen molar-refractivity contribution in [1.82, 2.24) is 5.16 Å². The number of aryl methyl sites for hydroxylation is 1. The molecular weight excluding hydrogens is 184 g/mol. The van der Waals surface area contributed by atoms with Gasteiger partial charge in [0.2, 0.25) is 5.88 Å². The first kappa shape index (κ1) is 10.6. The molecule has 0 aromatic carbocycles. The van der Waals surface area contributed by atoms with Crippen LogP contribution in [0.4, 0.5) is 5.88 Å². The van der Waals surface area contributed by atoms with Gasteiger partial charge >= 0.3 is 5.97 Å². The molecule has 1 rings (SSSR count). The monoisotopic (exact) mass is 198 g/mol. The van der Waals surface area contributed by atoms with E-state index in [0.717, 1.165) is 5.69 Å². The zero-order valence-corrected chi connectivity index (χ0v) is 8.37. The standard InChI is InChI=1S/C9H14N2O3/c1-3-13-9(12)4-5-10-8-6-7(2)11-14-8/h6,10H,3-5H2,1-2H3. The zero-order chi connectivity index (χ0) is 10.4. The molecule has 0 radical (unpaired) electrons. The summed E-state index contributed by atoms with van der Waals surface area (Å²) in [6.07, 6.45) is 0.327. The van der Waals surface area contributed by atoms with Crippen LogP contribution in [0.1, 0.15) is 19.0 Å². The van der Waals surface area contributed by atoms with Crippen LogP contribution in [0.5, 0.6) is 0 Å². The van der Waals surface area contributed by atoms with Crippen molar-refractivity contribution in [1.29, 1.82) is 0 Å². The van der Waals surface area contributed by atoms with Gasteiger partial charge in [-0.25, -0.2) is 0 Å². The number of hydrogen-bond acceptors (Lipinski definition) is 5. The van der Waals surface area contributed by atoms with Crippen LogP contribution in [0.3, 0.4) is 0 Å². The normalized spacial score (nSPS) is 9.86. The van der Waals surface area contributed by atoms with E-state index in [1.807, 2.05) is 6.92 Å². The molecule has 0 saturated heterocycles. The highest BCUT2D eigenvalue weighted by Crippen LogP contribution is 2.07. The molecule has 0 amide bonds. The van der Waals surface area contributed by atoms with Gasteiger partial charge in [0.25, 0.3) is 0 Å². The summed E-state index contributed by atoms with van der Waals surface area (Å²) in [7, 11) is 0. The Kier molecular flexibility index (Phi) is 3.97. The summed E-state index contributed by atoms with van der Waals surface area (Å²) in [4.78, 5) is 10.9. The second kappa shape index (κ2) is 5.26. The number of rotatable bonds is 5. The van der Waals surface area contributed by atoms with E-state index in [9.17, 15) is 4.79 Å². The van der Waals surface area contributed by atoms with E-state index in [1.54, 1.807) is 13.0 Å². The van der Waals surface area contributed by atoms with Crippen molar-refractivity contribution in [3.63, 3.8) is 0 Å². The minimum absolute atomic E-state index is 0.212. The van der Waals surface area contributed by atoms with Crippen LogP contribution in [0.2, 0.25) is 0 Å². The fraction of sp³-hybridized carbons (Fsp3) is 0.556. The molecule has 0 atom stereocenters. The van der Waals surface area contributed by atoms with Crippen molar-refractivity contribution in [3.8, 4) is 0 Å². The topological polar surface area (TPSA) is 64.4 Å². The summed E-state index contributed by atoms with van der Waals surface area (Å²) in [5.74, 6) is 0.364. The van der Waals surface area contributed by atoms with Gasteiger partial charge in [0.05, 0.1) is 18.7 Å². The van der Waals surface area contributed by atoms with E-state index in [4.69, 9.17) is 9.26 Å². The highest BCUT2D eigenvalue weighted by Gasteiger charge is 2.02. The molecule has 0 aliphatic carbocycles. The van der Waals surface area contributed by atoms with Crippen LogP contribution in [0.15, 0.2) is 10.6 Å². The predicted molar refractivity (Wildman–Crippen MR) is 51.0 cm³/mol. The third-order valence-corrected chi connectivity index (χ3v) is 1.56. The number of carbonyl (C=O) groups is 1. The number of nitrogens with one attached hydrogen (secondary N) is 1. The molecule has 0 unspecified atom stereocenters. The van der Waals surface area contributed by atoms with E-state index >= 15 is 0 Å². The summed E-state index contributed by atoms with van der Waals surface area (Å²) in [5.41, 5.74) is 0.809. The Balaban J connectivity index is 2.18. The van der Waals surface area contributed by atoms with Crippen LogP contribution in [-0.4, -0.2) is 24.3 Å². The van der Waals surface area contributed by atoms with Gasteiger partial charge in [-0.2, -0.15) is 0 Å². The molecular formula is C9H14N2O3. The fourth-order valence-electron chi connectivity index (χ4n) is 0.968. The first-order chi connectivity index (χ1) is 6.72. The summed E-state index contributed by atoms with van der Waals surface area (Å²) in [5, 5.41) is 6.62. The Morgan fingerprint density at radius 3 is 3.07 bits per heavy atom. The second-order valence-electron chi connectivity index (χ2n) is 2.81. The molecule has 5 heteroatoms. The van der Waals surface area contributed by atoms with Crippen LogP contribution >= 0.6 is 0 Å². The maximum Gasteiger partial charge on any atom is 0.307 e. The maximum atomic E-state index is 10.9. The van der Waals surface area contributed by atoms with Crippen LogP contribution < -0.4 is 5.32 Å². The van der Waals surface area contributed by atoms with E-state index in [0.29, 0.717) is 25.5 Å². The molecule has 1 N–H and O–H groups in total. The van der Waals surface area contributed by atoms with Crippen molar-refractivity contribution in [2.75, 3.05) is 18.5 Å². The molecule has 0 fully saturated rings. The van der Waals surface area contributed by atoms with Gasteiger partial charge in [0.15, 0.2) is 0 Å². The fourth-order valence-corrected chi connectivity index (χ4v) is 0.968. The molecule has 5 nitrogen and oxygen atoms in total. The molecule has 78 valence electrons. The molecule has 1 aromatic heterocycles. The van der Waals surface area contributed by atoms with Crippen LogP contribution in [-0.2, 0) is 9.53 Å². The molecule has 0 bridgehead atoms. The molecule has 0 saturated carbocycles. The van der Waals surface area contributed by atoms with E-state index in [2.05, 4.69) is 10.5 Å². The number of ether oxygens (including phenoxy) is 1. The Bertz CT molecular complexity index is 296. The molecule has 1 heterocycles. The lowest BCUT2D eigenvalue weighted by molar-refractivity contribution is -0.142. The largest absolute Gasteiger partial charge is 0.466 e. The third kappa shape index (κ3) is 3.47. The van der Waals surface area contributed by atoms with Gasteiger partial charge in [-0.15, -0.1) is 0 Å². The predicted octanol–water partition coefficient (Wildman–Crippen LogP) is 1.35. The zero-order valence-electron chi connectivity index (χ0n) is 8.37. The van der Waals surface area contributed by atoms with Crippen molar-refractivity contribution < 1.29 is 14.1 Å². The number of aromatic nitrogens is 1. The van der Waals surface area contributed by atoms with Gasteiger partial charge in [-0.05, 0) is 13.8 Å². The van der Waals surface area contributed by atoms with Gasteiger partial charge < -0.3 is 14.6 Å². The van der Waals surface area contributed by atoms with E-state index in [1.165, 1.54) is 0 Å². The molecule has 0 aliphatic rings. The minimum Gasteiger partial charge on any atom is -0.466 e. The highest BCUT2D eigenvalue weighted by atomic mass is 16.5. The van der Waals surface area contributed by atoms with Crippen LogP contribution in [0.25, 0.3) is 0 Å². The van der Waals surface area contributed by atoms with Crippen molar-refractivity contribution in [3.05, 3.63) is 11.8 Å². The highest BCUT2D eigenvalue weighted by molar-refractivity contribution is 5.69. The summed E-state index contributed by atoms with van der Waals surface area (Å²) >= 11 is 0. The lowest BCUT2D eigenvalue weighted by Crippen LogP contribution is -2.10. The first-order valence-electron chi connectivity index (χ1n) is 4.55. The van der Waals surface area contributed by atoms with Crippen molar-refractivity contribution in [2.45, 2.75) is 20.3 Å². The maximum absolute atomic E-state index is 10.9. The molecule has 0 spiro atoms. The number of hydrogen-bond donors (Lipinski definition) is 1. The average Bonchev–Trinajstić information content (AvgIpc) is 2.52. The molecule has 0 aliphatic heterocycles. The third-order valence-electron chi connectivity index (χ3n) is 1.56. The first-order valence-corrected chi connectivity index (χ1v) is 4.55. The van der Waals surface area contributed by atoms with Gasteiger partial charge in [0, 0.05) is 12.6 Å². The number of esters is 1. The SMILES string of the molecule is CCOC(=O)CCNc1cc(C)no1. The van der Waals surface area contributed by atoms with Gasteiger partial charge in [0.1, 0.15) is 0 Å². The Morgan fingerprint density at radius 1 is 1.71 bits per heavy atom. The van der Waals surface area contributed by atoms with Gasteiger partial charge in [-0.3, -0.25) is 4.79 Å². The lowest BCUT2D eigenvalue weighted by Gasteiger charge is -2.01. The van der Waals surface area contributed by atoms with E-state index in [-0.39, 0.29) is 5.97 Å². The summed E-state index contributed by atoms with van der Waals surface area (Å²) in [6.45, 7) is 4.53. The summed E-state index contributed by atoms with van der Waals surface area (Å²) in [6, 6.07) is 1.77.